The monoisotopic (exact) mass is 295 g/mol. The van der Waals surface area contributed by atoms with Crippen molar-refractivity contribution in [1.82, 2.24) is 4.98 Å². The maximum absolute atomic E-state index is 12.5. The lowest BCUT2D eigenvalue weighted by molar-refractivity contribution is -0.142. The first kappa shape index (κ1) is 14.1. The van der Waals surface area contributed by atoms with Gasteiger partial charge >= 0.3 is 6.18 Å². The minimum atomic E-state index is -5.29. The van der Waals surface area contributed by atoms with Gasteiger partial charge in [-0.05, 0) is 6.07 Å². The lowest BCUT2D eigenvalue weighted by Gasteiger charge is -2.14. The molecule has 1 heterocycles. The predicted octanol–water partition coefficient (Wildman–Crippen LogP) is 2.97. The van der Waals surface area contributed by atoms with Gasteiger partial charge in [-0.1, -0.05) is 0 Å². The fraction of sp³-hybridized carbons (Fsp3) is 0.286. The molecule has 17 heavy (non-hydrogen) atoms. The second kappa shape index (κ2) is 4.37. The molecular weight excluding hydrogens is 293 g/mol. The average Bonchev–Trinajstić information content (AvgIpc) is 2.13. The Kier molecular flexibility index (Phi) is 3.63. The molecule has 0 aliphatic heterocycles. The third-order valence-electron chi connectivity index (χ3n) is 1.70. The summed E-state index contributed by atoms with van der Waals surface area (Å²) < 4.78 is 83.9. The Balaban J connectivity index is 3.70. The quantitative estimate of drug-likeness (QED) is 0.622. The van der Waals surface area contributed by atoms with Crippen molar-refractivity contribution >= 4 is 19.7 Å². The molecule has 1 aromatic rings. The van der Waals surface area contributed by atoms with E-state index < -0.39 is 37.8 Å². The number of rotatable bonds is 2. The minimum Gasteiger partial charge on any atom is -0.243 e. The zero-order valence-corrected chi connectivity index (χ0v) is 9.24. The van der Waals surface area contributed by atoms with Crippen molar-refractivity contribution in [2.75, 3.05) is 0 Å². The molecule has 0 saturated heterocycles. The van der Waals surface area contributed by atoms with Crippen LogP contribution in [0.4, 0.5) is 22.0 Å². The van der Waals surface area contributed by atoms with Crippen LogP contribution in [0, 0.1) is 0 Å². The van der Waals surface area contributed by atoms with Crippen molar-refractivity contribution in [1.29, 1.82) is 0 Å². The van der Waals surface area contributed by atoms with Crippen LogP contribution in [0.15, 0.2) is 17.3 Å². The highest BCUT2D eigenvalue weighted by atomic mass is 35.7. The van der Waals surface area contributed by atoms with Crippen molar-refractivity contribution in [3.05, 3.63) is 23.4 Å². The van der Waals surface area contributed by atoms with Gasteiger partial charge in [0.05, 0.1) is 0 Å². The molecule has 0 bridgehead atoms. The smallest absolute Gasteiger partial charge is 0.243 e. The molecule has 0 saturated carbocycles. The number of nitrogens with zero attached hydrogens (tertiary/aromatic N) is 1. The van der Waals surface area contributed by atoms with Gasteiger partial charge in [-0.2, -0.15) is 13.2 Å². The van der Waals surface area contributed by atoms with Crippen LogP contribution in [-0.4, -0.2) is 13.4 Å². The topological polar surface area (TPSA) is 47.0 Å². The summed E-state index contributed by atoms with van der Waals surface area (Å²) in [6, 6.07) is 0.388. The lowest BCUT2D eigenvalue weighted by atomic mass is 10.1. The van der Waals surface area contributed by atoms with Crippen molar-refractivity contribution < 1.29 is 30.4 Å². The van der Waals surface area contributed by atoms with Crippen molar-refractivity contribution in [2.45, 2.75) is 17.6 Å². The maximum atomic E-state index is 12.5. The molecule has 0 radical (unpaired) electrons. The number of hydrogen-bond donors (Lipinski definition) is 0. The molecule has 0 spiro atoms. The van der Waals surface area contributed by atoms with Crippen molar-refractivity contribution in [3.8, 4) is 0 Å². The zero-order chi connectivity index (χ0) is 13.4. The molecule has 0 aliphatic rings. The predicted molar refractivity (Wildman–Crippen MR) is 47.2 cm³/mol. The van der Waals surface area contributed by atoms with Gasteiger partial charge in [0.15, 0.2) is 5.03 Å². The van der Waals surface area contributed by atoms with E-state index in [0.29, 0.717) is 12.3 Å². The molecular formula is C7H3ClF5NO2S. The highest BCUT2D eigenvalue weighted by molar-refractivity contribution is 8.13. The molecule has 0 amide bonds. The highest BCUT2D eigenvalue weighted by Gasteiger charge is 2.42. The molecule has 10 heteroatoms. The molecule has 0 atom stereocenters. The number of alkyl halides is 5. The van der Waals surface area contributed by atoms with E-state index in [4.69, 9.17) is 10.7 Å². The average molecular weight is 296 g/mol. The summed E-state index contributed by atoms with van der Waals surface area (Å²) in [5.41, 5.74) is -3.52. The fourth-order valence-electron chi connectivity index (χ4n) is 1.11. The van der Waals surface area contributed by atoms with Crippen LogP contribution in [0.25, 0.3) is 0 Å². The normalized spacial score (nSPS) is 13.1. The number of halogens is 6. The van der Waals surface area contributed by atoms with Crippen LogP contribution >= 0.6 is 10.7 Å². The highest BCUT2D eigenvalue weighted by Crippen LogP contribution is 2.40. The molecule has 3 nitrogen and oxygen atoms in total. The summed E-state index contributed by atoms with van der Waals surface area (Å²) >= 11 is 0. The van der Waals surface area contributed by atoms with Crippen LogP contribution in [0.5, 0.6) is 0 Å². The Morgan fingerprint density at radius 3 is 2.18 bits per heavy atom. The summed E-state index contributed by atoms with van der Waals surface area (Å²) in [6.07, 6.45) is -8.27. The Bertz CT molecular complexity index is 528. The standard InChI is InChI=1S/C7H3ClF5NO2S/c8-17(15,16)6-4(7(11,12)13)3(5(9)10)1-2-14-6/h1-2,5H. The number of hydrogen-bond acceptors (Lipinski definition) is 3. The third-order valence-corrected chi connectivity index (χ3v) is 2.91. The number of aromatic nitrogens is 1. The van der Waals surface area contributed by atoms with Gasteiger partial charge in [0.25, 0.3) is 15.5 Å². The van der Waals surface area contributed by atoms with E-state index >= 15 is 0 Å². The van der Waals surface area contributed by atoms with Crippen LogP contribution in [0.1, 0.15) is 17.6 Å². The van der Waals surface area contributed by atoms with Crippen molar-refractivity contribution in [3.63, 3.8) is 0 Å². The van der Waals surface area contributed by atoms with E-state index in [0.717, 1.165) is 0 Å². The Labute approximate surface area is 96.6 Å². The summed E-state index contributed by atoms with van der Waals surface area (Å²) in [6.45, 7) is 0. The van der Waals surface area contributed by atoms with Crippen LogP contribution in [0.3, 0.4) is 0 Å². The number of pyridine rings is 1. The third kappa shape index (κ3) is 3.03. The Morgan fingerprint density at radius 2 is 1.82 bits per heavy atom. The fourth-order valence-corrected chi connectivity index (χ4v) is 2.12. The first-order valence-corrected chi connectivity index (χ1v) is 6.15. The molecule has 0 fully saturated rings. The summed E-state index contributed by atoms with van der Waals surface area (Å²) in [5, 5.41) is -1.62. The molecule has 0 unspecified atom stereocenters. The van der Waals surface area contributed by atoms with E-state index in [9.17, 15) is 30.4 Å². The van der Waals surface area contributed by atoms with Gasteiger partial charge in [0.1, 0.15) is 5.56 Å². The van der Waals surface area contributed by atoms with E-state index in [2.05, 4.69) is 4.98 Å². The van der Waals surface area contributed by atoms with Gasteiger partial charge in [0, 0.05) is 22.4 Å². The molecule has 0 aromatic carbocycles. The molecule has 96 valence electrons. The first-order valence-electron chi connectivity index (χ1n) is 3.84. The van der Waals surface area contributed by atoms with Gasteiger partial charge in [-0.25, -0.2) is 22.2 Å². The Hall–Kier alpha value is -0.960. The van der Waals surface area contributed by atoms with Crippen molar-refractivity contribution in [2.24, 2.45) is 0 Å². The van der Waals surface area contributed by atoms with Crippen LogP contribution in [-0.2, 0) is 15.2 Å². The second-order valence-electron chi connectivity index (χ2n) is 2.82. The molecule has 0 N–H and O–H groups in total. The van der Waals surface area contributed by atoms with Crippen LogP contribution in [0.2, 0.25) is 0 Å². The molecule has 1 aromatic heterocycles. The first-order chi connectivity index (χ1) is 7.55. The van der Waals surface area contributed by atoms with Gasteiger partial charge in [0.2, 0.25) is 0 Å². The van der Waals surface area contributed by atoms with E-state index in [-0.39, 0.29) is 0 Å². The SMILES string of the molecule is O=S(=O)(Cl)c1nccc(C(F)F)c1C(F)(F)F. The zero-order valence-electron chi connectivity index (χ0n) is 7.67. The van der Waals surface area contributed by atoms with Gasteiger partial charge < -0.3 is 0 Å². The van der Waals surface area contributed by atoms with E-state index in [1.165, 1.54) is 0 Å². The van der Waals surface area contributed by atoms with Gasteiger partial charge in [-0.15, -0.1) is 0 Å². The second-order valence-corrected chi connectivity index (χ2v) is 5.30. The maximum Gasteiger partial charge on any atom is 0.419 e. The summed E-state index contributed by atoms with van der Waals surface area (Å²) in [5.74, 6) is 0. The Morgan fingerprint density at radius 1 is 1.29 bits per heavy atom. The van der Waals surface area contributed by atoms with Gasteiger partial charge in [-0.3, -0.25) is 0 Å². The molecule has 1 rings (SSSR count). The minimum absolute atomic E-state index is 0.388. The van der Waals surface area contributed by atoms with E-state index in [1.54, 1.807) is 0 Å². The molecule has 0 aliphatic carbocycles. The largest absolute Gasteiger partial charge is 0.419 e. The van der Waals surface area contributed by atoms with E-state index in [1.807, 2.05) is 0 Å². The summed E-state index contributed by atoms with van der Waals surface area (Å²) in [4.78, 5) is 2.89. The van der Waals surface area contributed by atoms with Crippen LogP contribution < -0.4 is 0 Å². The summed E-state index contributed by atoms with van der Waals surface area (Å²) in [7, 11) is -0.154. The lowest BCUT2D eigenvalue weighted by Crippen LogP contribution is -2.16.